The molecule has 0 aromatic carbocycles. The van der Waals surface area contributed by atoms with Crippen molar-refractivity contribution in [1.82, 2.24) is 14.7 Å². The van der Waals surface area contributed by atoms with Gasteiger partial charge in [-0.25, -0.2) is 0 Å². The minimum atomic E-state index is -4.43. The summed E-state index contributed by atoms with van der Waals surface area (Å²) >= 11 is 0. The summed E-state index contributed by atoms with van der Waals surface area (Å²) in [5.74, 6) is 0.396. The first kappa shape index (κ1) is 17.0. The monoisotopic (exact) mass is 341 g/mol. The van der Waals surface area contributed by atoms with E-state index < -0.39 is 11.9 Å². The summed E-state index contributed by atoms with van der Waals surface area (Å²) in [5.41, 5.74) is -0.877. The first-order valence-corrected chi connectivity index (χ1v) is 8.50. The summed E-state index contributed by atoms with van der Waals surface area (Å²) in [7, 11) is 0. The van der Waals surface area contributed by atoms with E-state index in [2.05, 4.69) is 17.3 Å². The molecule has 132 valence electrons. The number of aromatic nitrogens is 2. The van der Waals surface area contributed by atoms with Gasteiger partial charge in [0.2, 0.25) is 5.91 Å². The SMILES string of the molecule is O=C(CC1C=CCCC1)N1CCCC(n2ccc(C(F)(F)F)n2)C1. The number of piperidine rings is 1. The van der Waals surface area contributed by atoms with Crippen LogP contribution in [0.2, 0.25) is 0 Å². The van der Waals surface area contributed by atoms with Gasteiger partial charge in [-0.1, -0.05) is 12.2 Å². The summed E-state index contributed by atoms with van der Waals surface area (Å²) in [5, 5.41) is 3.66. The van der Waals surface area contributed by atoms with Crippen molar-refractivity contribution in [3.63, 3.8) is 0 Å². The van der Waals surface area contributed by atoms with Crippen molar-refractivity contribution in [2.75, 3.05) is 13.1 Å². The Bertz CT molecular complexity index is 608. The zero-order valence-electron chi connectivity index (χ0n) is 13.5. The van der Waals surface area contributed by atoms with Gasteiger partial charge in [0, 0.05) is 25.7 Å². The Balaban J connectivity index is 1.61. The van der Waals surface area contributed by atoms with Crippen molar-refractivity contribution in [3.05, 3.63) is 30.1 Å². The number of likely N-dealkylation sites (tertiary alicyclic amines) is 1. The second-order valence-electron chi connectivity index (χ2n) is 6.64. The fourth-order valence-corrected chi connectivity index (χ4v) is 3.50. The fraction of sp³-hybridized carbons (Fsp3) is 0.647. The summed E-state index contributed by atoms with van der Waals surface area (Å²) in [6.07, 6.45) is 6.44. The molecule has 2 unspecified atom stereocenters. The van der Waals surface area contributed by atoms with Gasteiger partial charge < -0.3 is 4.90 Å². The highest BCUT2D eigenvalue weighted by Crippen LogP contribution is 2.30. The van der Waals surface area contributed by atoms with Crippen molar-refractivity contribution < 1.29 is 18.0 Å². The Morgan fingerprint density at radius 1 is 1.29 bits per heavy atom. The van der Waals surface area contributed by atoms with E-state index >= 15 is 0 Å². The van der Waals surface area contributed by atoms with E-state index in [1.54, 1.807) is 4.90 Å². The molecule has 3 rings (SSSR count). The Morgan fingerprint density at radius 3 is 2.79 bits per heavy atom. The molecule has 4 nitrogen and oxygen atoms in total. The molecule has 2 atom stereocenters. The number of hydrogen-bond donors (Lipinski definition) is 0. The van der Waals surface area contributed by atoms with Crippen molar-refractivity contribution in [1.29, 1.82) is 0 Å². The predicted molar refractivity (Wildman–Crippen MR) is 83.2 cm³/mol. The molecular weight excluding hydrogens is 319 g/mol. The van der Waals surface area contributed by atoms with Crippen LogP contribution in [0.1, 0.15) is 50.3 Å². The second-order valence-corrected chi connectivity index (χ2v) is 6.64. The molecule has 2 aliphatic rings. The molecule has 0 spiro atoms. The lowest BCUT2D eigenvalue weighted by Gasteiger charge is -2.33. The summed E-state index contributed by atoms with van der Waals surface area (Å²) in [6.45, 7) is 1.12. The third-order valence-electron chi connectivity index (χ3n) is 4.81. The summed E-state index contributed by atoms with van der Waals surface area (Å²) in [6, 6.07) is 0.814. The maximum atomic E-state index is 12.7. The van der Waals surface area contributed by atoms with Crippen LogP contribution in [0.3, 0.4) is 0 Å². The molecule has 2 heterocycles. The first-order valence-electron chi connectivity index (χ1n) is 8.50. The maximum Gasteiger partial charge on any atom is 0.435 e. The van der Waals surface area contributed by atoms with Gasteiger partial charge in [-0.3, -0.25) is 9.48 Å². The molecule has 1 aromatic heterocycles. The van der Waals surface area contributed by atoms with Gasteiger partial charge in [0.1, 0.15) is 0 Å². The minimum absolute atomic E-state index is 0.0967. The third kappa shape index (κ3) is 3.99. The lowest BCUT2D eigenvalue weighted by atomic mass is 9.92. The lowest BCUT2D eigenvalue weighted by Crippen LogP contribution is -2.41. The largest absolute Gasteiger partial charge is 0.435 e. The third-order valence-corrected chi connectivity index (χ3v) is 4.81. The van der Waals surface area contributed by atoms with E-state index in [0.29, 0.717) is 25.4 Å². The summed E-state index contributed by atoms with van der Waals surface area (Å²) in [4.78, 5) is 14.3. The smallest absolute Gasteiger partial charge is 0.341 e. The maximum absolute atomic E-state index is 12.7. The van der Waals surface area contributed by atoms with Gasteiger partial charge in [0.15, 0.2) is 5.69 Å². The standard InChI is InChI=1S/C17H22F3N3O/c18-17(19,20)15-8-10-23(21-15)14-7-4-9-22(12-14)16(24)11-13-5-2-1-3-6-13/h2,5,8,10,13-14H,1,3-4,6-7,9,11-12H2. The van der Waals surface area contributed by atoms with E-state index in [9.17, 15) is 18.0 Å². The lowest BCUT2D eigenvalue weighted by molar-refractivity contribution is -0.142. The van der Waals surface area contributed by atoms with Crippen LogP contribution in [0, 0.1) is 5.92 Å². The van der Waals surface area contributed by atoms with Crippen molar-refractivity contribution >= 4 is 5.91 Å². The van der Waals surface area contributed by atoms with Crippen LogP contribution in [0.5, 0.6) is 0 Å². The van der Waals surface area contributed by atoms with Gasteiger partial charge in [0.25, 0.3) is 0 Å². The number of carbonyl (C=O) groups is 1. The average Bonchev–Trinajstić information content (AvgIpc) is 3.06. The molecule has 0 radical (unpaired) electrons. The zero-order valence-corrected chi connectivity index (χ0v) is 13.5. The van der Waals surface area contributed by atoms with Crippen LogP contribution in [-0.2, 0) is 11.0 Å². The van der Waals surface area contributed by atoms with Crippen molar-refractivity contribution in [2.45, 2.75) is 50.7 Å². The van der Waals surface area contributed by atoms with Gasteiger partial charge in [-0.2, -0.15) is 18.3 Å². The molecule has 7 heteroatoms. The van der Waals surface area contributed by atoms with Gasteiger partial charge >= 0.3 is 6.18 Å². The van der Waals surface area contributed by atoms with Crippen LogP contribution >= 0.6 is 0 Å². The number of halogens is 3. The van der Waals surface area contributed by atoms with E-state index in [4.69, 9.17) is 0 Å². The molecular formula is C17H22F3N3O. The Morgan fingerprint density at radius 2 is 2.12 bits per heavy atom. The minimum Gasteiger partial charge on any atom is -0.341 e. The Hall–Kier alpha value is -1.79. The number of amides is 1. The van der Waals surface area contributed by atoms with Crippen molar-refractivity contribution in [3.8, 4) is 0 Å². The molecule has 0 saturated carbocycles. The van der Waals surface area contributed by atoms with Crippen LogP contribution in [0.25, 0.3) is 0 Å². The molecule has 1 amide bonds. The van der Waals surface area contributed by atoms with Gasteiger partial charge in [0.05, 0.1) is 6.04 Å². The fourth-order valence-electron chi connectivity index (χ4n) is 3.50. The van der Waals surface area contributed by atoms with Gasteiger partial charge in [-0.05, 0) is 44.1 Å². The molecule has 1 aliphatic carbocycles. The molecule has 0 N–H and O–H groups in total. The van der Waals surface area contributed by atoms with Crippen molar-refractivity contribution in [2.24, 2.45) is 5.92 Å². The number of hydrogen-bond acceptors (Lipinski definition) is 2. The summed E-state index contributed by atoms with van der Waals surface area (Å²) < 4.78 is 39.4. The van der Waals surface area contributed by atoms with E-state index in [0.717, 1.165) is 38.2 Å². The molecule has 1 saturated heterocycles. The van der Waals surface area contributed by atoms with E-state index in [1.165, 1.54) is 10.9 Å². The highest BCUT2D eigenvalue weighted by atomic mass is 19.4. The quantitative estimate of drug-likeness (QED) is 0.784. The molecule has 24 heavy (non-hydrogen) atoms. The number of alkyl halides is 3. The highest BCUT2D eigenvalue weighted by molar-refractivity contribution is 5.76. The number of allylic oxidation sites excluding steroid dienone is 2. The Kier molecular flexibility index (Phi) is 4.96. The second kappa shape index (κ2) is 6.99. The zero-order chi connectivity index (χ0) is 17.2. The van der Waals surface area contributed by atoms with Crippen LogP contribution in [0.4, 0.5) is 13.2 Å². The van der Waals surface area contributed by atoms with Crippen LogP contribution < -0.4 is 0 Å². The van der Waals surface area contributed by atoms with E-state index in [1.807, 2.05) is 0 Å². The average molecular weight is 341 g/mol. The Labute approximate surface area is 139 Å². The van der Waals surface area contributed by atoms with Crippen LogP contribution in [-0.4, -0.2) is 33.7 Å². The van der Waals surface area contributed by atoms with E-state index in [-0.39, 0.29) is 11.9 Å². The predicted octanol–water partition coefficient (Wildman–Crippen LogP) is 3.81. The van der Waals surface area contributed by atoms with Crippen LogP contribution in [0.15, 0.2) is 24.4 Å². The molecule has 1 aliphatic heterocycles. The first-order chi connectivity index (χ1) is 11.4. The highest BCUT2D eigenvalue weighted by Gasteiger charge is 2.35. The molecule has 0 bridgehead atoms. The number of rotatable bonds is 3. The topological polar surface area (TPSA) is 38.1 Å². The molecule has 1 fully saturated rings. The number of nitrogens with zero attached hydrogens (tertiary/aromatic N) is 3. The van der Waals surface area contributed by atoms with Gasteiger partial charge in [-0.15, -0.1) is 0 Å². The normalized spacial score (nSPS) is 25.0. The molecule has 1 aromatic rings. The number of carbonyl (C=O) groups excluding carboxylic acids is 1.